The quantitative estimate of drug-likeness (QED) is 0.149. The van der Waals surface area contributed by atoms with Gasteiger partial charge in [-0.25, -0.2) is 0 Å². The van der Waals surface area contributed by atoms with Crippen LogP contribution >= 0.6 is 0 Å². The van der Waals surface area contributed by atoms with Crippen LogP contribution in [0.5, 0.6) is 11.5 Å². The second-order valence-corrected chi connectivity index (χ2v) is 22.1. The van der Waals surface area contributed by atoms with Gasteiger partial charge < -0.3 is 9.47 Å². The zero-order valence-electron chi connectivity index (χ0n) is 35.9. The van der Waals surface area contributed by atoms with E-state index in [1.165, 1.54) is 51.8 Å². The molecule has 12 aromatic carbocycles. The van der Waals surface area contributed by atoms with Crippen LogP contribution in [0.15, 0.2) is 103 Å². The van der Waals surface area contributed by atoms with Crippen LogP contribution in [0.25, 0.3) is 103 Å². The fourth-order valence-electron chi connectivity index (χ4n) is 18.3. The predicted molar refractivity (Wildman–Crippen MR) is 262 cm³/mol. The number of hydrogen-bond acceptors (Lipinski definition) is 3. The van der Waals surface area contributed by atoms with E-state index in [-0.39, 0.29) is 11.5 Å². The summed E-state index contributed by atoms with van der Waals surface area (Å²) in [5.41, 5.74) is 14.2. The van der Waals surface area contributed by atoms with Gasteiger partial charge in [0.25, 0.3) is 0 Å². The van der Waals surface area contributed by atoms with Crippen LogP contribution < -0.4 is 25.1 Å². The molecule has 0 N–H and O–H groups in total. The van der Waals surface area contributed by atoms with Gasteiger partial charge >= 0.3 is 0 Å². The van der Waals surface area contributed by atoms with Crippen molar-refractivity contribution in [2.24, 2.45) is 23.2 Å². The summed E-state index contributed by atoms with van der Waals surface area (Å²) in [5, 5.41) is 30.6. The van der Waals surface area contributed by atoms with Crippen LogP contribution in [-0.2, 0) is 19.6 Å². The summed E-state index contributed by atoms with van der Waals surface area (Å²) in [4.78, 5) is 2.79. The van der Waals surface area contributed by atoms with E-state index in [0.717, 1.165) is 23.6 Å². The molecule has 7 aliphatic carbocycles. The van der Waals surface area contributed by atoms with Gasteiger partial charge in [-0.15, -0.1) is 0 Å². The van der Waals surface area contributed by atoms with E-state index < -0.39 is 0 Å². The molecule has 65 heavy (non-hydrogen) atoms. The van der Waals surface area contributed by atoms with E-state index in [0.29, 0.717) is 42.8 Å². The normalized spacial score (nSPS) is 27.1. The summed E-state index contributed by atoms with van der Waals surface area (Å²) in [7, 11) is 2.46. The average Bonchev–Trinajstić information content (AvgIpc) is 4.19. The zero-order chi connectivity index (χ0) is 41.2. The van der Waals surface area contributed by atoms with Crippen molar-refractivity contribution in [3.8, 4) is 11.5 Å². The molecule has 8 aliphatic rings. The fraction of sp³-hybridized carbons (Fsp3) is 0.226. The van der Waals surface area contributed by atoms with Gasteiger partial charge in [-0.1, -0.05) is 84.4 Å². The van der Waals surface area contributed by atoms with Crippen molar-refractivity contribution < 1.29 is 9.47 Å². The molecular formula is C62H39NO2. The lowest BCUT2D eigenvalue weighted by molar-refractivity contribution is 0.213. The maximum atomic E-state index is 6.89. The topological polar surface area (TPSA) is 21.7 Å². The lowest BCUT2D eigenvalue weighted by Gasteiger charge is -2.45. The molecule has 1 saturated heterocycles. The molecule has 1 heterocycles. The van der Waals surface area contributed by atoms with E-state index in [2.05, 4.69) is 121 Å². The largest absolute Gasteiger partial charge is 0.485 e. The number of benzene rings is 8. The van der Waals surface area contributed by atoms with Gasteiger partial charge in [0.2, 0.25) is 0 Å². The molecule has 2 fully saturated rings. The molecule has 1 aliphatic heterocycles. The maximum absolute atomic E-state index is 6.89. The Morgan fingerprint density at radius 3 is 2.05 bits per heavy atom. The van der Waals surface area contributed by atoms with Gasteiger partial charge in [-0.3, -0.25) is 4.90 Å². The second-order valence-electron chi connectivity index (χ2n) is 22.1. The van der Waals surface area contributed by atoms with Gasteiger partial charge in [-0.05, 0) is 215 Å². The van der Waals surface area contributed by atoms with Crippen LogP contribution in [0.2, 0.25) is 0 Å². The Bertz CT molecular complexity index is 4470. The third-order valence-electron chi connectivity index (χ3n) is 19.7. The number of nitrogens with zero attached hydrogens (tertiary/aromatic N) is 1. The van der Waals surface area contributed by atoms with Crippen LogP contribution in [0.3, 0.4) is 0 Å². The second kappa shape index (κ2) is 9.78. The highest BCUT2D eigenvalue weighted by atomic mass is 16.5. The lowest BCUT2D eigenvalue weighted by Crippen LogP contribution is -2.48. The summed E-state index contributed by atoms with van der Waals surface area (Å²) < 4.78 is 13.6. The fourth-order valence-corrected chi connectivity index (χ4v) is 18.3. The number of ether oxygens (including phenoxy) is 2. The highest BCUT2D eigenvalue weighted by Crippen LogP contribution is 2.75. The first-order valence-corrected chi connectivity index (χ1v) is 24.4. The highest BCUT2D eigenvalue weighted by molar-refractivity contribution is 6.57. The van der Waals surface area contributed by atoms with Crippen LogP contribution in [0, 0.1) is 23.2 Å². The molecule has 3 heteroatoms. The van der Waals surface area contributed by atoms with Gasteiger partial charge in [0.1, 0.15) is 13.2 Å². The summed E-state index contributed by atoms with van der Waals surface area (Å²) in [6.07, 6.45) is 6.44. The number of fused-ring (bicyclic) bond motifs is 1. The van der Waals surface area contributed by atoms with E-state index in [1.54, 1.807) is 103 Å². The van der Waals surface area contributed by atoms with Gasteiger partial charge in [0, 0.05) is 35.8 Å². The molecule has 1 spiro atoms. The van der Waals surface area contributed by atoms with E-state index in [9.17, 15) is 0 Å². The van der Waals surface area contributed by atoms with E-state index in [4.69, 9.17) is 9.47 Å². The minimum Gasteiger partial charge on any atom is -0.485 e. The smallest absolute Gasteiger partial charge is 0.162 e. The van der Waals surface area contributed by atoms with Gasteiger partial charge in [0.15, 0.2) is 11.5 Å². The molecule has 3 nitrogen and oxygen atoms in total. The molecule has 0 aromatic heterocycles. The monoisotopic (exact) mass is 829 g/mol. The van der Waals surface area contributed by atoms with Crippen LogP contribution in [0.4, 0.5) is 0 Å². The Kier molecular flexibility index (Phi) is 4.82. The van der Waals surface area contributed by atoms with Gasteiger partial charge in [-0.2, -0.15) is 0 Å². The first-order valence-electron chi connectivity index (χ1n) is 24.4. The third-order valence-corrected chi connectivity index (χ3v) is 19.7. The average molecular weight is 830 g/mol. The van der Waals surface area contributed by atoms with E-state index >= 15 is 0 Å². The number of hydrogen-bond donors (Lipinski definition) is 0. The molecule has 0 bridgehead atoms. The Morgan fingerprint density at radius 2 is 1.23 bits per heavy atom. The highest BCUT2D eigenvalue weighted by Gasteiger charge is 2.67. The van der Waals surface area contributed by atoms with Crippen LogP contribution in [-0.4, -0.2) is 18.5 Å². The summed E-state index contributed by atoms with van der Waals surface area (Å²) >= 11 is 0. The zero-order valence-corrected chi connectivity index (χ0v) is 35.9. The summed E-state index contributed by atoms with van der Waals surface area (Å²) in [5.74, 6) is 4.18. The molecule has 0 radical (unpaired) electrons. The number of rotatable bonds is 7. The van der Waals surface area contributed by atoms with Crippen molar-refractivity contribution >= 4 is 103 Å². The van der Waals surface area contributed by atoms with Crippen molar-refractivity contribution in [3.05, 3.63) is 158 Å². The molecular weight excluding hydrogens is 791 g/mol. The molecule has 12 aromatic rings. The standard InChI is InChI=1S/C62H39NO2/c1-63-23-37-36-20-34-18-31-16-32-15-29-14-30-17-33-19-35-22-62(37,61(63)28-12-13-38(64-24-26-8-4-2-5-9-26)39(21-28)65-25-27-10-6-3-7-11-27)60-46(35)51-45(33)50-41(30)40(29)48-44(32)49-42(31)43(34)52-47(36)59(60)58-56(51)54(50)53(48)55(49)57(52)58/h2-17,19,21,34-35,37,43,46,61H,18,20,22-25H2,1H3. The third kappa shape index (κ3) is 3.06. The van der Waals surface area contributed by atoms with Crippen molar-refractivity contribution in [2.45, 2.75) is 50.4 Å². The predicted octanol–water partition coefficient (Wildman–Crippen LogP) is 11.5. The minimum absolute atomic E-state index is 0.0310. The minimum atomic E-state index is -0.0310. The maximum Gasteiger partial charge on any atom is 0.162 e. The summed E-state index contributed by atoms with van der Waals surface area (Å²) in [6.45, 7) is 2.10. The van der Waals surface area contributed by atoms with Crippen molar-refractivity contribution in [3.63, 3.8) is 0 Å². The Hall–Kier alpha value is -6.68. The SMILES string of the molecule is CN1CC2C3=c4c5c6c7c4=C4C8c9c%10c(cc%11cc%12cc%13cc%14c(c%15c%13c%13c%12c%11c%10c(c97)c%13c6%15)C5C(C3)C%14)=CC8CC42C1c1ccc(OCc2ccccc2)c(OCc2ccccc2)c1. The van der Waals surface area contributed by atoms with Crippen LogP contribution in [0.1, 0.15) is 69.7 Å². The molecule has 7 atom stereocenters. The van der Waals surface area contributed by atoms with Crippen molar-refractivity contribution in [1.82, 2.24) is 4.90 Å². The molecule has 0 amide bonds. The number of likely N-dealkylation sites (tertiary alicyclic amines) is 1. The first kappa shape index (κ1) is 32.1. The summed E-state index contributed by atoms with van der Waals surface area (Å²) in [6, 6.07) is 38.9. The molecule has 1 saturated carbocycles. The van der Waals surface area contributed by atoms with Crippen molar-refractivity contribution in [2.75, 3.05) is 13.6 Å². The van der Waals surface area contributed by atoms with Crippen molar-refractivity contribution in [1.29, 1.82) is 0 Å². The molecule has 20 rings (SSSR count). The Labute approximate surface area is 372 Å². The Balaban J connectivity index is 0.913. The molecule has 7 unspecified atom stereocenters. The Morgan fingerprint density at radius 1 is 0.569 bits per heavy atom. The van der Waals surface area contributed by atoms with E-state index in [1.807, 2.05) is 11.1 Å². The first-order chi connectivity index (χ1) is 32.1. The molecule has 304 valence electrons. The lowest BCUT2D eigenvalue weighted by atomic mass is 9.58. The van der Waals surface area contributed by atoms with Gasteiger partial charge in [0.05, 0.1) is 0 Å².